The van der Waals surface area contributed by atoms with Crippen molar-refractivity contribution in [1.82, 2.24) is 9.97 Å². The molecule has 1 heterocycles. The molecule has 2 saturated carbocycles. The first-order valence-corrected chi connectivity index (χ1v) is 7.78. The predicted octanol–water partition coefficient (Wildman–Crippen LogP) is 4.27. The van der Waals surface area contributed by atoms with E-state index in [2.05, 4.69) is 9.97 Å². The molecule has 2 aliphatic rings. The first-order valence-electron chi connectivity index (χ1n) is 7.41. The molecule has 3 rings (SSSR count). The topological polar surface area (TPSA) is 35.0 Å². The zero-order valence-electron chi connectivity index (χ0n) is 11.5. The molecule has 1 aromatic rings. The van der Waals surface area contributed by atoms with Crippen LogP contribution in [0.4, 0.5) is 0 Å². The fourth-order valence-electron chi connectivity index (χ4n) is 2.70. The van der Waals surface area contributed by atoms with Gasteiger partial charge in [-0.3, -0.25) is 0 Å². The van der Waals surface area contributed by atoms with Crippen molar-refractivity contribution in [2.45, 2.75) is 57.8 Å². The Kier molecular flexibility index (Phi) is 3.92. The third-order valence-corrected chi connectivity index (χ3v) is 4.55. The molecule has 0 N–H and O–H groups in total. The first-order chi connectivity index (χ1) is 9.24. The maximum atomic E-state index is 6.18. The highest BCUT2D eigenvalue weighted by atomic mass is 35.5. The molecule has 2 aliphatic carbocycles. The molecule has 104 valence electrons. The first kappa shape index (κ1) is 13.2. The highest BCUT2D eigenvalue weighted by Gasteiger charge is 2.28. The molecule has 0 aromatic carbocycles. The second-order valence-corrected chi connectivity index (χ2v) is 6.25. The summed E-state index contributed by atoms with van der Waals surface area (Å²) < 4.78 is 5.94. The third-order valence-electron chi connectivity index (χ3n) is 4.18. The Balaban J connectivity index is 1.68. The van der Waals surface area contributed by atoms with Crippen molar-refractivity contribution in [1.29, 1.82) is 0 Å². The summed E-state index contributed by atoms with van der Waals surface area (Å²) in [6.45, 7) is 2.72. The summed E-state index contributed by atoms with van der Waals surface area (Å²) in [6, 6.07) is 0. The summed E-state index contributed by atoms with van der Waals surface area (Å²) in [5, 5.41) is 0.551. The SMILES string of the molecule is Cc1c(Cl)nc(C2CC2)nc1OCC1CCCCC1. The van der Waals surface area contributed by atoms with Crippen molar-refractivity contribution >= 4 is 11.6 Å². The van der Waals surface area contributed by atoms with E-state index in [1.54, 1.807) is 0 Å². The van der Waals surface area contributed by atoms with E-state index in [0.29, 0.717) is 22.9 Å². The van der Waals surface area contributed by atoms with Gasteiger partial charge in [0.25, 0.3) is 0 Å². The van der Waals surface area contributed by atoms with Crippen LogP contribution in [-0.2, 0) is 0 Å². The van der Waals surface area contributed by atoms with Gasteiger partial charge in [0, 0.05) is 11.5 Å². The zero-order valence-corrected chi connectivity index (χ0v) is 12.2. The molecule has 0 radical (unpaired) electrons. The van der Waals surface area contributed by atoms with Gasteiger partial charge in [0.15, 0.2) is 0 Å². The number of hydrogen-bond acceptors (Lipinski definition) is 3. The fourth-order valence-corrected chi connectivity index (χ4v) is 2.87. The number of aromatic nitrogens is 2. The molecular weight excluding hydrogens is 260 g/mol. The molecule has 0 saturated heterocycles. The lowest BCUT2D eigenvalue weighted by Gasteiger charge is -2.22. The van der Waals surface area contributed by atoms with Crippen LogP contribution in [-0.4, -0.2) is 16.6 Å². The Morgan fingerprint density at radius 1 is 1.11 bits per heavy atom. The van der Waals surface area contributed by atoms with E-state index in [4.69, 9.17) is 16.3 Å². The van der Waals surface area contributed by atoms with Crippen LogP contribution in [0.1, 0.15) is 62.3 Å². The van der Waals surface area contributed by atoms with E-state index in [1.165, 1.54) is 44.9 Å². The van der Waals surface area contributed by atoms with E-state index < -0.39 is 0 Å². The van der Waals surface area contributed by atoms with Crippen molar-refractivity contribution < 1.29 is 4.74 Å². The van der Waals surface area contributed by atoms with E-state index >= 15 is 0 Å². The minimum atomic E-state index is 0.509. The van der Waals surface area contributed by atoms with E-state index in [-0.39, 0.29) is 0 Å². The minimum Gasteiger partial charge on any atom is -0.477 e. The number of rotatable bonds is 4. The molecule has 2 fully saturated rings. The Labute approximate surface area is 119 Å². The molecular formula is C15H21ClN2O. The van der Waals surface area contributed by atoms with Gasteiger partial charge in [-0.25, -0.2) is 4.98 Å². The molecule has 0 unspecified atom stereocenters. The van der Waals surface area contributed by atoms with E-state index in [9.17, 15) is 0 Å². The van der Waals surface area contributed by atoms with Gasteiger partial charge in [0.05, 0.1) is 6.61 Å². The van der Waals surface area contributed by atoms with Crippen molar-refractivity contribution in [3.05, 3.63) is 16.5 Å². The smallest absolute Gasteiger partial charge is 0.221 e. The Morgan fingerprint density at radius 3 is 2.53 bits per heavy atom. The number of nitrogens with zero attached hydrogens (tertiary/aromatic N) is 2. The summed E-state index contributed by atoms with van der Waals surface area (Å²) in [5.74, 6) is 2.77. The van der Waals surface area contributed by atoms with Crippen molar-refractivity contribution in [3.8, 4) is 5.88 Å². The Hall–Kier alpha value is -0.830. The van der Waals surface area contributed by atoms with Gasteiger partial charge >= 0.3 is 0 Å². The summed E-state index contributed by atoms with van der Waals surface area (Å²) in [6.07, 6.45) is 8.99. The summed E-state index contributed by atoms with van der Waals surface area (Å²) >= 11 is 6.18. The molecule has 0 amide bonds. The van der Waals surface area contributed by atoms with Crippen LogP contribution < -0.4 is 4.74 Å². The number of halogens is 1. The summed E-state index contributed by atoms with van der Waals surface area (Å²) in [4.78, 5) is 8.93. The van der Waals surface area contributed by atoms with Gasteiger partial charge in [0.2, 0.25) is 5.88 Å². The standard InChI is InChI=1S/C15H21ClN2O/c1-10-13(16)17-14(12-7-8-12)18-15(10)19-9-11-5-3-2-4-6-11/h11-12H,2-9H2,1H3. The normalized spacial score (nSPS) is 20.5. The Morgan fingerprint density at radius 2 is 1.84 bits per heavy atom. The highest BCUT2D eigenvalue weighted by Crippen LogP contribution is 2.40. The molecule has 0 spiro atoms. The van der Waals surface area contributed by atoms with Crippen LogP contribution >= 0.6 is 11.6 Å². The van der Waals surface area contributed by atoms with Gasteiger partial charge in [-0.2, -0.15) is 4.98 Å². The molecule has 3 nitrogen and oxygen atoms in total. The van der Waals surface area contributed by atoms with E-state index in [1.807, 2.05) is 6.92 Å². The average molecular weight is 281 g/mol. The maximum Gasteiger partial charge on any atom is 0.221 e. The quantitative estimate of drug-likeness (QED) is 0.773. The fraction of sp³-hybridized carbons (Fsp3) is 0.733. The van der Waals surface area contributed by atoms with Gasteiger partial charge in [-0.05, 0) is 38.5 Å². The minimum absolute atomic E-state index is 0.509. The molecule has 1 aromatic heterocycles. The van der Waals surface area contributed by atoms with Crippen LogP contribution in [0.5, 0.6) is 5.88 Å². The lowest BCUT2D eigenvalue weighted by molar-refractivity contribution is 0.201. The second kappa shape index (κ2) is 5.66. The number of ether oxygens (including phenoxy) is 1. The van der Waals surface area contributed by atoms with Crippen LogP contribution in [0.25, 0.3) is 0 Å². The maximum absolute atomic E-state index is 6.18. The highest BCUT2D eigenvalue weighted by molar-refractivity contribution is 6.30. The van der Waals surface area contributed by atoms with Gasteiger partial charge in [-0.1, -0.05) is 30.9 Å². The molecule has 0 bridgehead atoms. The van der Waals surface area contributed by atoms with Crippen molar-refractivity contribution in [2.24, 2.45) is 5.92 Å². The number of hydrogen-bond donors (Lipinski definition) is 0. The molecule has 0 aliphatic heterocycles. The van der Waals surface area contributed by atoms with E-state index in [0.717, 1.165) is 18.0 Å². The van der Waals surface area contributed by atoms with Gasteiger partial charge < -0.3 is 4.74 Å². The van der Waals surface area contributed by atoms with Gasteiger partial charge in [-0.15, -0.1) is 0 Å². The zero-order chi connectivity index (χ0) is 13.2. The van der Waals surface area contributed by atoms with Crippen LogP contribution in [0.15, 0.2) is 0 Å². The van der Waals surface area contributed by atoms with Crippen LogP contribution in [0.3, 0.4) is 0 Å². The van der Waals surface area contributed by atoms with Crippen LogP contribution in [0.2, 0.25) is 5.15 Å². The summed E-state index contributed by atoms with van der Waals surface area (Å²) in [5.41, 5.74) is 0.877. The summed E-state index contributed by atoms with van der Waals surface area (Å²) in [7, 11) is 0. The average Bonchev–Trinajstić information content (AvgIpc) is 3.26. The lowest BCUT2D eigenvalue weighted by atomic mass is 9.90. The van der Waals surface area contributed by atoms with Crippen molar-refractivity contribution in [2.75, 3.05) is 6.61 Å². The molecule has 0 atom stereocenters. The molecule has 4 heteroatoms. The monoisotopic (exact) mass is 280 g/mol. The van der Waals surface area contributed by atoms with Crippen molar-refractivity contribution in [3.63, 3.8) is 0 Å². The second-order valence-electron chi connectivity index (χ2n) is 5.89. The predicted molar refractivity (Wildman–Crippen MR) is 75.8 cm³/mol. The lowest BCUT2D eigenvalue weighted by Crippen LogP contribution is -2.16. The van der Waals surface area contributed by atoms with Crippen LogP contribution in [0, 0.1) is 12.8 Å². The van der Waals surface area contributed by atoms with Gasteiger partial charge in [0.1, 0.15) is 11.0 Å². The largest absolute Gasteiger partial charge is 0.477 e. The Bertz CT molecular complexity index is 454. The third kappa shape index (κ3) is 3.19. The molecule has 19 heavy (non-hydrogen) atoms.